The van der Waals surface area contributed by atoms with E-state index in [-0.39, 0.29) is 11.8 Å². The number of pyridine rings is 1. The molecule has 6 nitrogen and oxygen atoms in total. The summed E-state index contributed by atoms with van der Waals surface area (Å²) in [5.74, 6) is 0.658. The van der Waals surface area contributed by atoms with E-state index in [4.69, 9.17) is 4.74 Å². The Kier molecular flexibility index (Phi) is 6.03. The second-order valence-electron chi connectivity index (χ2n) is 8.00. The topological polar surface area (TPSA) is 71.5 Å². The van der Waals surface area contributed by atoms with Gasteiger partial charge in [-0.2, -0.15) is 0 Å². The fourth-order valence-corrected chi connectivity index (χ4v) is 4.05. The lowest BCUT2D eigenvalue weighted by atomic mass is 9.98. The summed E-state index contributed by atoms with van der Waals surface area (Å²) in [4.78, 5) is 32.2. The molecule has 0 saturated carbocycles. The highest BCUT2D eigenvalue weighted by Crippen LogP contribution is 2.31. The molecule has 3 aromatic carbocycles. The first-order valence-corrected chi connectivity index (χ1v) is 11.2. The van der Waals surface area contributed by atoms with E-state index in [0.29, 0.717) is 35.0 Å². The van der Waals surface area contributed by atoms with Crippen molar-refractivity contribution in [3.63, 3.8) is 0 Å². The van der Waals surface area contributed by atoms with Crippen LogP contribution >= 0.6 is 0 Å². The van der Waals surface area contributed by atoms with Gasteiger partial charge in [0.05, 0.1) is 0 Å². The van der Waals surface area contributed by atoms with E-state index in [0.717, 1.165) is 24.1 Å². The molecule has 0 saturated heterocycles. The standard InChI is InChI=1S/C28H23N3O3/c32-26(30-24-14-7-17-29-27(24)34-23-12-5-2-6-13-23)22-15-16-25-21(19-22)11-8-18-31(25)28(33)20-9-3-1-4-10-20/h1-7,9-10,12-17,19H,8,11,18H2,(H,30,32). The number of para-hydroxylation sites is 1. The van der Waals surface area contributed by atoms with Crippen molar-refractivity contribution in [2.45, 2.75) is 12.8 Å². The van der Waals surface area contributed by atoms with Gasteiger partial charge in [0.15, 0.2) is 0 Å². The molecule has 2 amide bonds. The summed E-state index contributed by atoms with van der Waals surface area (Å²) in [5.41, 5.74) is 3.48. The molecule has 4 aromatic rings. The predicted molar refractivity (Wildman–Crippen MR) is 132 cm³/mol. The van der Waals surface area contributed by atoms with E-state index in [1.54, 1.807) is 29.3 Å². The third kappa shape index (κ3) is 4.52. The Labute approximate surface area is 197 Å². The van der Waals surface area contributed by atoms with Gasteiger partial charge in [-0.1, -0.05) is 36.4 Å². The number of nitrogens with one attached hydrogen (secondary N) is 1. The first kappa shape index (κ1) is 21.4. The number of carbonyl (C=O) groups is 2. The maximum Gasteiger partial charge on any atom is 0.258 e. The first-order chi connectivity index (χ1) is 16.7. The van der Waals surface area contributed by atoms with Crippen molar-refractivity contribution >= 4 is 23.2 Å². The van der Waals surface area contributed by atoms with E-state index >= 15 is 0 Å². The normalized spacial score (nSPS) is 12.5. The number of amides is 2. The van der Waals surface area contributed by atoms with Crippen LogP contribution in [0, 0.1) is 0 Å². The van der Waals surface area contributed by atoms with Gasteiger partial charge in [-0.25, -0.2) is 4.98 Å². The minimum Gasteiger partial charge on any atom is -0.437 e. The maximum absolute atomic E-state index is 13.1. The Morgan fingerprint density at radius 2 is 1.62 bits per heavy atom. The molecule has 0 spiro atoms. The van der Waals surface area contributed by atoms with Gasteiger partial charge >= 0.3 is 0 Å². The Morgan fingerprint density at radius 3 is 2.41 bits per heavy atom. The molecule has 34 heavy (non-hydrogen) atoms. The second kappa shape index (κ2) is 9.58. The van der Waals surface area contributed by atoms with E-state index in [2.05, 4.69) is 10.3 Å². The molecule has 1 aliphatic heterocycles. The van der Waals surface area contributed by atoms with Gasteiger partial charge in [0, 0.05) is 29.6 Å². The van der Waals surface area contributed by atoms with Crippen molar-refractivity contribution < 1.29 is 14.3 Å². The molecule has 6 heteroatoms. The number of ether oxygens (including phenoxy) is 1. The van der Waals surface area contributed by atoms with Crippen LogP contribution in [-0.4, -0.2) is 23.3 Å². The summed E-state index contributed by atoms with van der Waals surface area (Å²) in [6.07, 6.45) is 3.27. The van der Waals surface area contributed by atoms with Gasteiger partial charge in [0.2, 0.25) is 5.88 Å². The predicted octanol–water partition coefficient (Wildman–Crippen LogP) is 5.72. The van der Waals surface area contributed by atoms with E-state index in [1.165, 1.54) is 0 Å². The van der Waals surface area contributed by atoms with Crippen LogP contribution < -0.4 is 15.0 Å². The van der Waals surface area contributed by atoms with Crippen molar-refractivity contribution in [2.75, 3.05) is 16.8 Å². The molecule has 5 rings (SSSR count). The Morgan fingerprint density at radius 1 is 0.853 bits per heavy atom. The number of benzene rings is 3. The summed E-state index contributed by atoms with van der Waals surface area (Å²) in [6, 6.07) is 27.5. The number of hydrogen-bond acceptors (Lipinski definition) is 4. The van der Waals surface area contributed by atoms with Crippen LogP contribution in [0.2, 0.25) is 0 Å². The third-order valence-corrected chi connectivity index (χ3v) is 5.70. The SMILES string of the molecule is O=C(Nc1cccnc1Oc1ccccc1)c1ccc2c(c1)CCCN2C(=O)c1ccccc1. The highest BCUT2D eigenvalue weighted by Gasteiger charge is 2.24. The maximum atomic E-state index is 13.1. The van der Waals surface area contributed by atoms with Crippen molar-refractivity contribution in [1.29, 1.82) is 0 Å². The molecular formula is C28H23N3O3. The number of nitrogens with zero attached hydrogens (tertiary/aromatic N) is 2. The average Bonchev–Trinajstić information content (AvgIpc) is 2.90. The van der Waals surface area contributed by atoms with Gasteiger partial charge in [-0.15, -0.1) is 0 Å². The molecule has 1 N–H and O–H groups in total. The molecule has 0 fully saturated rings. The minimum atomic E-state index is -0.264. The Bertz CT molecular complexity index is 1320. The van der Waals surface area contributed by atoms with Crippen LogP contribution in [0.15, 0.2) is 97.2 Å². The molecule has 168 valence electrons. The summed E-state index contributed by atoms with van der Waals surface area (Å²) in [7, 11) is 0. The zero-order valence-electron chi connectivity index (χ0n) is 18.5. The highest BCUT2D eigenvalue weighted by atomic mass is 16.5. The number of anilines is 2. The quantitative estimate of drug-likeness (QED) is 0.423. The smallest absolute Gasteiger partial charge is 0.258 e. The van der Waals surface area contributed by atoms with Gasteiger partial charge in [0.25, 0.3) is 11.8 Å². The molecule has 0 bridgehead atoms. The number of aryl methyl sites for hydroxylation is 1. The van der Waals surface area contributed by atoms with Crippen LogP contribution in [0.1, 0.15) is 32.7 Å². The van der Waals surface area contributed by atoms with E-state index in [1.807, 2.05) is 72.8 Å². The molecule has 2 heterocycles. The first-order valence-electron chi connectivity index (χ1n) is 11.2. The number of aromatic nitrogens is 1. The van der Waals surface area contributed by atoms with Crippen molar-refractivity contribution in [1.82, 2.24) is 4.98 Å². The third-order valence-electron chi connectivity index (χ3n) is 5.70. The fourth-order valence-electron chi connectivity index (χ4n) is 4.05. The average molecular weight is 450 g/mol. The van der Waals surface area contributed by atoms with Crippen LogP contribution in [-0.2, 0) is 6.42 Å². The summed E-state index contributed by atoms with van der Waals surface area (Å²) >= 11 is 0. The molecule has 0 aliphatic carbocycles. The van der Waals surface area contributed by atoms with E-state index < -0.39 is 0 Å². The lowest BCUT2D eigenvalue weighted by molar-refractivity contribution is 0.0984. The minimum absolute atomic E-state index is 0.0307. The van der Waals surface area contributed by atoms with Gasteiger partial charge in [-0.05, 0) is 73.0 Å². The molecule has 1 aliphatic rings. The largest absolute Gasteiger partial charge is 0.437 e. The van der Waals surface area contributed by atoms with Crippen molar-refractivity contribution in [3.05, 3.63) is 114 Å². The number of carbonyl (C=O) groups excluding carboxylic acids is 2. The highest BCUT2D eigenvalue weighted by molar-refractivity contribution is 6.08. The molecule has 1 aromatic heterocycles. The lowest BCUT2D eigenvalue weighted by Gasteiger charge is -2.30. The fraction of sp³-hybridized carbons (Fsp3) is 0.107. The lowest BCUT2D eigenvalue weighted by Crippen LogP contribution is -2.35. The molecular weight excluding hydrogens is 426 g/mol. The number of fused-ring (bicyclic) bond motifs is 1. The van der Waals surface area contributed by atoms with Crippen molar-refractivity contribution in [3.8, 4) is 11.6 Å². The Balaban J connectivity index is 1.36. The summed E-state index contributed by atoms with van der Waals surface area (Å²) in [6.45, 7) is 0.655. The van der Waals surface area contributed by atoms with Gasteiger partial charge in [0.1, 0.15) is 11.4 Å². The Hall–Kier alpha value is -4.45. The van der Waals surface area contributed by atoms with E-state index in [9.17, 15) is 9.59 Å². The van der Waals surface area contributed by atoms with Crippen molar-refractivity contribution in [2.24, 2.45) is 0 Å². The molecule has 0 unspecified atom stereocenters. The monoisotopic (exact) mass is 449 g/mol. The van der Waals surface area contributed by atoms with Crippen LogP contribution in [0.3, 0.4) is 0 Å². The molecule has 0 radical (unpaired) electrons. The second-order valence-corrected chi connectivity index (χ2v) is 8.00. The van der Waals surface area contributed by atoms with Gasteiger partial charge < -0.3 is 15.0 Å². The summed E-state index contributed by atoms with van der Waals surface area (Å²) < 4.78 is 5.85. The van der Waals surface area contributed by atoms with Gasteiger partial charge in [-0.3, -0.25) is 9.59 Å². The zero-order chi connectivity index (χ0) is 23.3. The molecule has 0 atom stereocenters. The number of hydrogen-bond donors (Lipinski definition) is 1. The van der Waals surface area contributed by atoms with Crippen LogP contribution in [0.5, 0.6) is 11.6 Å². The summed E-state index contributed by atoms with van der Waals surface area (Å²) in [5, 5.41) is 2.91. The van der Waals surface area contributed by atoms with Crippen LogP contribution in [0.4, 0.5) is 11.4 Å². The van der Waals surface area contributed by atoms with Crippen LogP contribution in [0.25, 0.3) is 0 Å². The zero-order valence-corrected chi connectivity index (χ0v) is 18.5. The number of rotatable bonds is 5.